The Balaban J connectivity index is 1.41. The molecule has 0 bridgehead atoms. The molecule has 0 unspecified atom stereocenters. The van der Waals surface area contributed by atoms with Gasteiger partial charge in [0, 0.05) is 25.2 Å². The molecule has 1 aromatic rings. The van der Waals surface area contributed by atoms with Crippen molar-refractivity contribution >= 4 is 5.91 Å². The Morgan fingerprint density at radius 2 is 1.42 bits per heavy atom. The van der Waals surface area contributed by atoms with Crippen LogP contribution in [0.25, 0.3) is 0 Å². The number of rotatable bonds is 6. The smallest absolute Gasteiger partial charge is 0.251 e. The predicted octanol–water partition coefficient (Wildman–Crippen LogP) is 2.89. The molecule has 0 spiro atoms. The molecule has 2 fully saturated rings. The number of amides is 1. The highest BCUT2D eigenvalue weighted by atomic mass is 16.1. The van der Waals surface area contributed by atoms with Gasteiger partial charge in [0.1, 0.15) is 0 Å². The summed E-state index contributed by atoms with van der Waals surface area (Å²) in [5.74, 6) is 0.0533. The minimum atomic E-state index is 0.0533. The van der Waals surface area contributed by atoms with Gasteiger partial charge in [0.25, 0.3) is 5.91 Å². The molecule has 1 N–H and O–H groups in total. The largest absolute Gasteiger partial charge is 0.351 e. The first-order valence-electron chi connectivity index (χ1n) is 9.63. The van der Waals surface area contributed by atoms with Crippen LogP contribution in [0.1, 0.15) is 54.4 Å². The van der Waals surface area contributed by atoms with Crippen molar-refractivity contribution in [2.24, 2.45) is 0 Å². The monoisotopic (exact) mass is 329 g/mol. The van der Waals surface area contributed by atoms with Crippen molar-refractivity contribution in [1.82, 2.24) is 15.1 Å². The maximum atomic E-state index is 12.3. The van der Waals surface area contributed by atoms with Crippen molar-refractivity contribution in [1.29, 1.82) is 0 Å². The minimum absolute atomic E-state index is 0.0533. The molecule has 1 amide bonds. The molecule has 4 heteroatoms. The highest BCUT2D eigenvalue weighted by molar-refractivity contribution is 5.94. The van der Waals surface area contributed by atoms with Crippen LogP contribution in [0.3, 0.4) is 0 Å². The predicted molar refractivity (Wildman–Crippen MR) is 98.2 cm³/mol. The molecule has 0 atom stereocenters. The molecule has 3 rings (SSSR count). The van der Waals surface area contributed by atoms with E-state index < -0.39 is 0 Å². The van der Waals surface area contributed by atoms with Gasteiger partial charge in [-0.15, -0.1) is 0 Å². The molecule has 2 aliphatic rings. The van der Waals surface area contributed by atoms with Crippen molar-refractivity contribution in [3.8, 4) is 0 Å². The Bertz CT molecular complexity index is 500. The van der Waals surface area contributed by atoms with Crippen molar-refractivity contribution in [2.45, 2.75) is 45.1 Å². The van der Waals surface area contributed by atoms with E-state index in [0.717, 1.165) is 25.2 Å². The number of nitrogens with zero attached hydrogens (tertiary/aromatic N) is 2. The quantitative estimate of drug-likeness (QED) is 0.872. The van der Waals surface area contributed by atoms with Crippen LogP contribution in [0.15, 0.2) is 24.3 Å². The van der Waals surface area contributed by atoms with Gasteiger partial charge in [0.15, 0.2) is 0 Å². The van der Waals surface area contributed by atoms with E-state index in [1.54, 1.807) is 0 Å². The Morgan fingerprint density at radius 1 is 0.833 bits per heavy atom. The van der Waals surface area contributed by atoms with Gasteiger partial charge in [-0.25, -0.2) is 0 Å². The lowest BCUT2D eigenvalue weighted by atomic mass is 10.1. The summed E-state index contributed by atoms with van der Waals surface area (Å²) in [6, 6.07) is 8.13. The summed E-state index contributed by atoms with van der Waals surface area (Å²) < 4.78 is 0. The second-order valence-electron chi connectivity index (χ2n) is 7.19. The molecule has 1 aromatic carbocycles. The van der Waals surface area contributed by atoms with Crippen LogP contribution in [0.4, 0.5) is 0 Å². The van der Waals surface area contributed by atoms with Crippen LogP contribution in [-0.2, 0) is 6.54 Å². The molecule has 4 nitrogen and oxygen atoms in total. The lowest BCUT2D eigenvalue weighted by molar-refractivity contribution is 0.0948. The fraction of sp³-hybridized carbons (Fsp3) is 0.650. The summed E-state index contributed by atoms with van der Waals surface area (Å²) in [6.45, 7) is 7.50. The number of nitrogens with one attached hydrogen (secondary N) is 1. The third kappa shape index (κ3) is 5.32. The lowest BCUT2D eigenvalue weighted by Gasteiger charge is -2.19. The average Bonchev–Trinajstić information content (AvgIpc) is 2.97. The van der Waals surface area contributed by atoms with E-state index in [-0.39, 0.29) is 5.91 Å². The fourth-order valence-electron chi connectivity index (χ4n) is 3.75. The molecule has 2 heterocycles. The number of carbonyl (C=O) groups excluding carboxylic acids is 1. The van der Waals surface area contributed by atoms with Gasteiger partial charge in [0.05, 0.1) is 0 Å². The van der Waals surface area contributed by atoms with Crippen LogP contribution in [0.2, 0.25) is 0 Å². The van der Waals surface area contributed by atoms with Gasteiger partial charge in [-0.05, 0) is 69.6 Å². The Hall–Kier alpha value is -1.39. The number of carbonyl (C=O) groups is 1. The van der Waals surface area contributed by atoms with E-state index in [9.17, 15) is 4.79 Å². The zero-order valence-corrected chi connectivity index (χ0v) is 14.8. The van der Waals surface area contributed by atoms with Crippen molar-refractivity contribution < 1.29 is 4.79 Å². The first kappa shape index (κ1) is 17.4. The number of hydrogen-bond acceptors (Lipinski definition) is 3. The molecule has 132 valence electrons. The van der Waals surface area contributed by atoms with E-state index in [4.69, 9.17) is 0 Å². The summed E-state index contributed by atoms with van der Waals surface area (Å²) >= 11 is 0. The first-order chi connectivity index (χ1) is 11.8. The highest BCUT2D eigenvalue weighted by Gasteiger charge is 2.13. The third-order valence-electron chi connectivity index (χ3n) is 5.23. The van der Waals surface area contributed by atoms with Crippen LogP contribution in [0.5, 0.6) is 0 Å². The first-order valence-corrected chi connectivity index (χ1v) is 9.63. The SMILES string of the molecule is O=C(NCCN1CCCCCC1)c1ccc(CN2CCCC2)cc1. The second-order valence-corrected chi connectivity index (χ2v) is 7.19. The van der Waals surface area contributed by atoms with E-state index in [2.05, 4.69) is 27.2 Å². The number of hydrogen-bond donors (Lipinski definition) is 1. The van der Waals surface area contributed by atoms with Crippen molar-refractivity contribution in [3.63, 3.8) is 0 Å². The van der Waals surface area contributed by atoms with Crippen LogP contribution in [0, 0.1) is 0 Å². The molecule has 0 radical (unpaired) electrons. The van der Waals surface area contributed by atoms with Gasteiger partial charge in [-0.1, -0.05) is 25.0 Å². The van der Waals surface area contributed by atoms with Gasteiger partial charge < -0.3 is 10.2 Å². The topological polar surface area (TPSA) is 35.6 Å². The van der Waals surface area contributed by atoms with E-state index in [1.807, 2.05) is 12.1 Å². The molecule has 24 heavy (non-hydrogen) atoms. The van der Waals surface area contributed by atoms with Crippen LogP contribution in [-0.4, -0.2) is 55.0 Å². The number of likely N-dealkylation sites (tertiary alicyclic amines) is 2. The molecule has 2 saturated heterocycles. The second kappa shape index (κ2) is 9.19. The maximum Gasteiger partial charge on any atom is 0.251 e. The normalized spacial score (nSPS) is 20.0. The molecule has 0 aliphatic carbocycles. The van der Waals surface area contributed by atoms with Gasteiger partial charge in [-0.2, -0.15) is 0 Å². The zero-order chi connectivity index (χ0) is 16.6. The summed E-state index contributed by atoms with van der Waals surface area (Å²) in [4.78, 5) is 17.2. The van der Waals surface area contributed by atoms with E-state index in [1.165, 1.54) is 70.3 Å². The third-order valence-corrected chi connectivity index (χ3v) is 5.23. The Labute approximate surface area is 146 Å². The Kier molecular flexibility index (Phi) is 6.67. The zero-order valence-electron chi connectivity index (χ0n) is 14.8. The van der Waals surface area contributed by atoms with E-state index >= 15 is 0 Å². The Morgan fingerprint density at radius 3 is 2.08 bits per heavy atom. The molecular formula is C20H31N3O. The van der Waals surface area contributed by atoms with Gasteiger partial charge in [-0.3, -0.25) is 9.69 Å². The standard InChI is InChI=1S/C20H31N3O/c24-20(21-11-16-22-12-3-1-2-4-13-22)19-9-7-18(8-10-19)17-23-14-5-6-15-23/h7-10H,1-6,11-17H2,(H,21,24). The van der Waals surface area contributed by atoms with Crippen molar-refractivity contribution in [2.75, 3.05) is 39.3 Å². The van der Waals surface area contributed by atoms with Crippen LogP contribution < -0.4 is 5.32 Å². The average molecular weight is 329 g/mol. The maximum absolute atomic E-state index is 12.3. The van der Waals surface area contributed by atoms with E-state index in [0.29, 0.717) is 0 Å². The summed E-state index contributed by atoms with van der Waals surface area (Å²) in [5, 5.41) is 3.07. The molecule has 0 aromatic heterocycles. The van der Waals surface area contributed by atoms with Gasteiger partial charge >= 0.3 is 0 Å². The number of benzene rings is 1. The highest BCUT2D eigenvalue weighted by Crippen LogP contribution is 2.13. The molecule has 2 aliphatic heterocycles. The van der Waals surface area contributed by atoms with Gasteiger partial charge in [0.2, 0.25) is 0 Å². The lowest BCUT2D eigenvalue weighted by Crippen LogP contribution is -2.35. The molecule has 0 saturated carbocycles. The summed E-state index contributed by atoms with van der Waals surface area (Å²) in [6.07, 6.45) is 7.94. The minimum Gasteiger partial charge on any atom is -0.351 e. The summed E-state index contributed by atoms with van der Waals surface area (Å²) in [5.41, 5.74) is 2.08. The van der Waals surface area contributed by atoms with Crippen LogP contribution >= 0.6 is 0 Å². The summed E-state index contributed by atoms with van der Waals surface area (Å²) in [7, 11) is 0. The van der Waals surface area contributed by atoms with Crippen molar-refractivity contribution in [3.05, 3.63) is 35.4 Å². The fourth-order valence-corrected chi connectivity index (χ4v) is 3.75. The molecular weight excluding hydrogens is 298 g/mol.